The second kappa shape index (κ2) is 5.55. The van der Waals surface area contributed by atoms with E-state index in [0.29, 0.717) is 12.6 Å². The number of nitrogens with zero attached hydrogens (tertiary/aromatic N) is 1. The van der Waals surface area contributed by atoms with Crippen LogP contribution < -0.4 is 10.2 Å². The molecule has 104 valence electrons. The average molecular weight is 268 g/mol. The molecule has 2 N–H and O–H groups in total. The van der Waals surface area contributed by atoms with Crippen molar-refractivity contribution >= 4 is 11.4 Å². The minimum Gasteiger partial charge on any atom is -0.387 e. The van der Waals surface area contributed by atoms with E-state index >= 15 is 0 Å². The number of nitrogens with one attached hydrogen (secondary N) is 1. The summed E-state index contributed by atoms with van der Waals surface area (Å²) >= 11 is 0. The van der Waals surface area contributed by atoms with Crippen molar-refractivity contribution in [1.82, 2.24) is 0 Å². The number of rotatable bonds is 3. The molecule has 0 aliphatic carbocycles. The minimum absolute atomic E-state index is 0.364. The maximum atomic E-state index is 10.5. The highest BCUT2D eigenvalue weighted by Crippen LogP contribution is 2.32. The van der Waals surface area contributed by atoms with Gasteiger partial charge in [-0.2, -0.15) is 0 Å². The third-order valence-electron chi connectivity index (χ3n) is 3.89. The highest BCUT2D eigenvalue weighted by molar-refractivity contribution is 5.72. The Hall–Kier alpha value is -2.00. The average Bonchev–Trinajstić information content (AvgIpc) is 2.51. The first-order chi connectivity index (χ1) is 9.75. The SMILES string of the molecule is CC1CNc2ccccc2N1CC(O)c1ccccc1. The second-order valence-electron chi connectivity index (χ2n) is 5.33. The number of anilines is 2. The first kappa shape index (κ1) is 13.0. The summed E-state index contributed by atoms with van der Waals surface area (Å²) in [7, 11) is 0. The van der Waals surface area contributed by atoms with E-state index < -0.39 is 6.10 Å². The van der Waals surface area contributed by atoms with Crippen molar-refractivity contribution in [2.75, 3.05) is 23.3 Å². The van der Waals surface area contributed by atoms with Gasteiger partial charge in [0.15, 0.2) is 0 Å². The summed E-state index contributed by atoms with van der Waals surface area (Å²) < 4.78 is 0. The van der Waals surface area contributed by atoms with Gasteiger partial charge in [0, 0.05) is 19.1 Å². The zero-order chi connectivity index (χ0) is 13.9. The highest BCUT2D eigenvalue weighted by atomic mass is 16.3. The van der Waals surface area contributed by atoms with E-state index in [1.807, 2.05) is 42.5 Å². The Labute approximate surface area is 119 Å². The van der Waals surface area contributed by atoms with Crippen molar-refractivity contribution in [2.45, 2.75) is 19.1 Å². The van der Waals surface area contributed by atoms with Crippen LogP contribution in [0.4, 0.5) is 11.4 Å². The summed E-state index contributed by atoms with van der Waals surface area (Å²) in [6.45, 7) is 3.70. The van der Waals surface area contributed by atoms with Crippen LogP contribution in [-0.2, 0) is 0 Å². The molecule has 0 fully saturated rings. The Kier molecular flexibility index (Phi) is 3.61. The molecule has 1 aliphatic rings. The molecule has 3 rings (SSSR count). The predicted octanol–water partition coefficient (Wildman–Crippen LogP) is 3.04. The minimum atomic E-state index is -0.468. The van der Waals surface area contributed by atoms with Crippen molar-refractivity contribution in [1.29, 1.82) is 0 Å². The van der Waals surface area contributed by atoms with E-state index in [9.17, 15) is 5.11 Å². The third kappa shape index (κ3) is 2.49. The fourth-order valence-corrected chi connectivity index (χ4v) is 2.72. The molecule has 0 spiro atoms. The van der Waals surface area contributed by atoms with E-state index in [1.54, 1.807) is 0 Å². The molecular weight excluding hydrogens is 248 g/mol. The molecule has 2 unspecified atom stereocenters. The molecule has 0 radical (unpaired) electrons. The molecule has 3 heteroatoms. The van der Waals surface area contributed by atoms with Crippen LogP contribution in [0.15, 0.2) is 54.6 Å². The standard InChI is InChI=1S/C17H20N2O/c1-13-11-18-15-9-5-6-10-16(15)19(13)12-17(20)14-7-3-2-4-8-14/h2-10,13,17-18,20H,11-12H2,1H3. The smallest absolute Gasteiger partial charge is 0.0964 e. The molecule has 0 saturated heterocycles. The van der Waals surface area contributed by atoms with Gasteiger partial charge in [-0.1, -0.05) is 42.5 Å². The van der Waals surface area contributed by atoms with Crippen LogP contribution in [-0.4, -0.2) is 24.2 Å². The molecular formula is C17H20N2O. The molecule has 2 aromatic carbocycles. The number of fused-ring (bicyclic) bond motifs is 1. The Bertz CT molecular complexity index is 570. The molecule has 3 nitrogen and oxygen atoms in total. The van der Waals surface area contributed by atoms with Crippen molar-refractivity contribution in [3.05, 3.63) is 60.2 Å². The monoisotopic (exact) mass is 268 g/mol. The second-order valence-corrected chi connectivity index (χ2v) is 5.33. The highest BCUT2D eigenvalue weighted by Gasteiger charge is 2.24. The Morgan fingerprint density at radius 1 is 1.15 bits per heavy atom. The van der Waals surface area contributed by atoms with Crippen LogP contribution in [0.1, 0.15) is 18.6 Å². The van der Waals surface area contributed by atoms with Crippen molar-refractivity contribution in [2.24, 2.45) is 0 Å². The topological polar surface area (TPSA) is 35.5 Å². The zero-order valence-electron chi connectivity index (χ0n) is 11.7. The van der Waals surface area contributed by atoms with Gasteiger partial charge >= 0.3 is 0 Å². The Morgan fingerprint density at radius 2 is 1.85 bits per heavy atom. The molecule has 20 heavy (non-hydrogen) atoms. The van der Waals surface area contributed by atoms with Gasteiger partial charge in [-0.25, -0.2) is 0 Å². The van der Waals surface area contributed by atoms with Crippen molar-refractivity contribution < 1.29 is 5.11 Å². The van der Waals surface area contributed by atoms with Crippen LogP contribution in [0.2, 0.25) is 0 Å². The number of para-hydroxylation sites is 2. The number of aliphatic hydroxyl groups is 1. The normalized spacial score (nSPS) is 19.1. The van der Waals surface area contributed by atoms with Crippen molar-refractivity contribution in [3.8, 4) is 0 Å². The first-order valence-electron chi connectivity index (χ1n) is 7.08. The van der Waals surface area contributed by atoms with Gasteiger partial charge in [0.05, 0.1) is 17.5 Å². The lowest BCUT2D eigenvalue weighted by Gasteiger charge is -2.38. The van der Waals surface area contributed by atoms with Gasteiger partial charge in [0.25, 0.3) is 0 Å². The molecule has 0 aromatic heterocycles. The van der Waals surface area contributed by atoms with Crippen LogP contribution in [0.25, 0.3) is 0 Å². The van der Waals surface area contributed by atoms with Crippen LogP contribution in [0.5, 0.6) is 0 Å². The summed E-state index contributed by atoms with van der Waals surface area (Å²) in [6.07, 6.45) is -0.468. The third-order valence-corrected chi connectivity index (χ3v) is 3.89. The lowest BCUT2D eigenvalue weighted by atomic mass is 10.1. The van der Waals surface area contributed by atoms with Gasteiger partial charge in [-0.15, -0.1) is 0 Å². The predicted molar refractivity (Wildman–Crippen MR) is 83.1 cm³/mol. The quantitative estimate of drug-likeness (QED) is 0.898. The van der Waals surface area contributed by atoms with E-state index in [2.05, 4.69) is 29.3 Å². The van der Waals surface area contributed by atoms with Crippen LogP contribution >= 0.6 is 0 Å². The molecule has 1 aliphatic heterocycles. The molecule has 0 bridgehead atoms. The number of β-amino-alcohol motifs (C(OH)–C–C–N with tert-alkyl or cyclic N) is 1. The number of aliphatic hydroxyl groups excluding tert-OH is 1. The summed E-state index contributed by atoms with van der Waals surface area (Å²) in [5, 5.41) is 13.9. The maximum Gasteiger partial charge on any atom is 0.0964 e. The Morgan fingerprint density at radius 3 is 2.65 bits per heavy atom. The van der Waals surface area contributed by atoms with E-state index in [1.165, 1.54) is 5.69 Å². The molecule has 1 heterocycles. The van der Waals surface area contributed by atoms with E-state index in [0.717, 1.165) is 17.8 Å². The van der Waals surface area contributed by atoms with Gasteiger partial charge in [0.1, 0.15) is 0 Å². The fourth-order valence-electron chi connectivity index (χ4n) is 2.72. The summed E-state index contributed by atoms with van der Waals surface area (Å²) in [5.74, 6) is 0. The largest absolute Gasteiger partial charge is 0.387 e. The van der Waals surface area contributed by atoms with Crippen LogP contribution in [0.3, 0.4) is 0 Å². The Balaban J connectivity index is 1.83. The van der Waals surface area contributed by atoms with Crippen molar-refractivity contribution in [3.63, 3.8) is 0 Å². The van der Waals surface area contributed by atoms with E-state index in [4.69, 9.17) is 0 Å². The first-order valence-corrected chi connectivity index (χ1v) is 7.08. The number of hydrogen-bond acceptors (Lipinski definition) is 3. The van der Waals surface area contributed by atoms with Gasteiger partial charge in [-0.3, -0.25) is 0 Å². The molecule has 0 amide bonds. The lowest BCUT2D eigenvalue weighted by Crippen LogP contribution is -2.44. The maximum absolute atomic E-state index is 10.5. The zero-order valence-corrected chi connectivity index (χ0v) is 11.7. The number of benzene rings is 2. The summed E-state index contributed by atoms with van der Waals surface area (Å²) in [6, 6.07) is 18.5. The van der Waals surface area contributed by atoms with Gasteiger partial charge < -0.3 is 15.3 Å². The van der Waals surface area contributed by atoms with Gasteiger partial charge in [-0.05, 0) is 24.6 Å². The van der Waals surface area contributed by atoms with E-state index in [-0.39, 0.29) is 0 Å². The molecule has 2 aromatic rings. The summed E-state index contributed by atoms with van der Waals surface area (Å²) in [5.41, 5.74) is 3.28. The lowest BCUT2D eigenvalue weighted by molar-refractivity contribution is 0.181. The molecule has 2 atom stereocenters. The fraction of sp³-hybridized carbons (Fsp3) is 0.294. The van der Waals surface area contributed by atoms with Crippen LogP contribution in [0, 0.1) is 0 Å². The summed E-state index contributed by atoms with van der Waals surface area (Å²) in [4.78, 5) is 2.28. The van der Waals surface area contributed by atoms with Gasteiger partial charge in [0.2, 0.25) is 0 Å². The number of hydrogen-bond donors (Lipinski definition) is 2. The molecule has 0 saturated carbocycles.